The van der Waals surface area contributed by atoms with Gasteiger partial charge < -0.3 is 9.67 Å². The van der Waals surface area contributed by atoms with Gasteiger partial charge in [-0.1, -0.05) is 54.6 Å². The normalized spacial score (nSPS) is 12.8. The van der Waals surface area contributed by atoms with E-state index in [4.69, 9.17) is 0 Å². The molecule has 1 N–H and O–H groups in total. The molecule has 108 valence electrons. The van der Waals surface area contributed by atoms with Crippen LogP contribution < -0.4 is 0 Å². The van der Waals surface area contributed by atoms with Gasteiger partial charge in [-0.15, -0.1) is 0 Å². The molecule has 4 aromatic rings. The number of para-hydroxylation sites is 2. The van der Waals surface area contributed by atoms with Gasteiger partial charge in [0.05, 0.1) is 11.0 Å². The minimum Gasteiger partial charge on any atom is -0.380 e. The fourth-order valence-corrected chi connectivity index (χ4v) is 3.04. The number of aliphatic hydroxyl groups excluding tert-OH is 1. The average Bonchev–Trinajstić information content (AvgIpc) is 2.91. The Hall–Kier alpha value is -2.65. The highest BCUT2D eigenvalue weighted by Gasteiger charge is 2.19. The lowest BCUT2D eigenvalue weighted by atomic mass is 10.00. The first-order valence-electron chi connectivity index (χ1n) is 7.33. The maximum absolute atomic E-state index is 10.9. The molecule has 0 aliphatic carbocycles. The van der Waals surface area contributed by atoms with Crippen LogP contribution in [0.25, 0.3) is 21.8 Å². The highest BCUT2D eigenvalue weighted by Crippen LogP contribution is 2.29. The smallest absolute Gasteiger partial charge is 0.143 e. The molecule has 0 bridgehead atoms. The largest absolute Gasteiger partial charge is 0.380 e. The fraction of sp³-hybridized carbons (Fsp3) is 0.105. The lowest BCUT2D eigenvalue weighted by Gasteiger charge is -2.14. The average molecular weight is 288 g/mol. The van der Waals surface area contributed by atoms with E-state index in [0.29, 0.717) is 5.82 Å². The summed E-state index contributed by atoms with van der Waals surface area (Å²) < 4.78 is 1.96. The van der Waals surface area contributed by atoms with Gasteiger partial charge in [0, 0.05) is 7.05 Å². The van der Waals surface area contributed by atoms with Crippen molar-refractivity contribution in [2.75, 3.05) is 0 Å². The van der Waals surface area contributed by atoms with E-state index >= 15 is 0 Å². The van der Waals surface area contributed by atoms with E-state index in [1.54, 1.807) is 0 Å². The van der Waals surface area contributed by atoms with Crippen molar-refractivity contribution in [1.29, 1.82) is 0 Å². The highest BCUT2D eigenvalue weighted by atomic mass is 16.3. The Labute approximate surface area is 128 Å². The maximum Gasteiger partial charge on any atom is 0.143 e. The fourth-order valence-electron chi connectivity index (χ4n) is 3.04. The number of aliphatic hydroxyl groups is 1. The summed E-state index contributed by atoms with van der Waals surface area (Å²) in [6.45, 7) is 0. The number of hydrogen-bond acceptors (Lipinski definition) is 2. The van der Waals surface area contributed by atoms with Gasteiger partial charge in [0.2, 0.25) is 0 Å². The van der Waals surface area contributed by atoms with Gasteiger partial charge in [-0.3, -0.25) is 0 Å². The monoisotopic (exact) mass is 288 g/mol. The van der Waals surface area contributed by atoms with Crippen molar-refractivity contribution in [2.24, 2.45) is 7.05 Å². The zero-order valence-electron chi connectivity index (χ0n) is 12.3. The molecule has 1 atom stereocenters. The molecule has 3 heteroatoms. The number of benzene rings is 3. The third kappa shape index (κ3) is 1.90. The summed E-state index contributed by atoms with van der Waals surface area (Å²) in [5.41, 5.74) is 2.81. The molecule has 3 aromatic carbocycles. The summed E-state index contributed by atoms with van der Waals surface area (Å²) in [5.74, 6) is 0.664. The van der Waals surface area contributed by atoms with E-state index in [-0.39, 0.29) is 0 Å². The van der Waals surface area contributed by atoms with Crippen LogP contribution in [0.1, 0.15) is 17.5 Å². The van der Waals surface area contributed by atoms with Gasteiger partial charge in [-0.2, -0.15) is 0 Å². The third-order valence-corrected chi connectivity index (χ3v) is 4.18. The second-order valence-corrected chi connectivity index (χ2v) is 5.49. The molecule has 0 aliphatic rings. The number of fused-ring (bicyclic) bond motifs is 2. The van der Waals surface area contributed by atoms with Crippen molar-refractivity contribution < 1.29 is 5.11 Å². The Morgan fingerprint density at radius 1 is 0.909 bits per heavy atom. The lowest BCUT2D eigenvalue weighted by Crippen LogP contribution is -2.07. The van der Waals surface area contributed by atoms with Crippen molar-refractivity contribution in [3.63, 3.8) is 0 Å². The molecule has 0 amide bonds. The topological polar surface area (TPSA) is 38.0 Å². The summed E-state index contributed by atoms with van der Waals surface area (Å²) in [5, 5.41) is 13.1. The van der Waals surface area contributed by atoms with Crippen molar-refractivity contribution in [2.45, 2.75) is 6.10 Å². The van der Waals surface area contributed by atoms with E-state index < -0.39 is 6.10 Å². The van der Waals surface area contributed by atoms with E-state index in [1.165, 1.54) is 0 Å². The Balaban J connectivity index is 1.92. The number of hydrogen-bond donors (Lipinski definition) is 1. The molecular weight excluding hydrogens is 272 g/mol. The SMILES string of the molecule is Cn1c([C@H](O)c2cccc3ccccc23)nc2ccccc21. The van der Waals surface area contributed by atoms with Crippen LogP contribution in [0.15, 0.2) is 66.7 Å². The summed E-state index contributed by atoms with van der Waals surface area (Å²) in [6, 6.07) is 22.0. The van der Waals surface area contributed by atoms with Gasteiger partial charge in [-0.05, 0) is 28.5 Å². The first kappa shape index (κ1) is 13.0. The Morgan fingerprint density at radius 3 is 2.50 bits per heavy atom. The standard InChI is InChI=1S/C19H16N2O/c1-21-17-12-5-4-11-16(17)20-19(21)18(22)15-10-6-8-13-7-2-3-9-14(13)15/h2-12,18,22H,1H3/t18-/m1/s1. The molecule has 0 saturated heterocycles. The van der Waals surface area contributed by atoms with Crippen LogP contribution in [0.5, 0.6) is 0 Å². The number of nitrogens with zero attached hydrogens (tertiary/aromatic N) is 2. The second kappa shape index (κ2) is 4.97. The van der Waals surface area contributed by atoms with Gasteiger partial charge >= 0.3 is 0 Å². The molecule has 0 saturated carbocycles. The Morgan fingerprint density at radius 2 is 1.64 bits per heavy atom. The van der Waals surface area contributed by atoms with Gasteiger partial charge in [0.15, 0.2) is 0 Å². The summed E-state index contributed by atoms with van der Waals surface area (Å²) in [7, 11) is 1.94. The second-order valence-electron chi connectivity index (χ2n) is 5.49. The van der Waals surface area contributed by atoms with Crippen LogP contribution in [0.4, 0.5) is 0 Å². The van der Waals surface area contributed by atoms with Crippen LogP contribution in [-0.2, 0) is 7.05 Å². The Bertz CT molecular complexity index is 966. The van der Waals surface area contributed by atoms with Crippen LogP contribution >= 0.6 is 0 Å². The molecule has 1 heterocycles. The van der Waals surface area contributed by atoms with Crippen LogP contribution in [-0.4, -0.2) is 14.7 Å². The molecule has 0 radical (unpaired) electrons. The zero-order chi connectivity index (χ0) is 15.1. The van der Waals surface area contributed by atoms with Crippen LogP contribution in [0.3, 0.4) is 0 Å². The van der Waals surface area contributed by atoms with Crippen LogP contribution in [0, 0.1) is 0 Å². The molecule has 0 aliphatic heterocycles. The third-order valence-electron chi connectivity index (χ3n) is 4.18. The molecule has 3 nitrogen and oxygen atoms in total. The highest BCUT2D eigenvalue weighted by molar-refractivity contribution is 5.86. The predicted molar refractivity (Wildman–Crippen MR) is 88.7 cm³/mol. The summed E-state index contributed by atoms with van der Waals surface area (Å²) in [4.78, 5) is 4.61. The zero-order valence-corrected chi connectivity index (χ0v) is 12.3. The minimum atomic E-state index is -0.747. The quantitative estimate of drug-likeness (QED) is 0.609. The molecule has 0 unspecified atom stereocenters. The number of rotatable bonds is 2. The molecule has 4 rings (SSSR count). The molecule has 0 spiro atoms. The van der Waals surface area contributed by atoms with Gasteiger partial charge in [-0.25, -0.2) is 4.98 Å². The molecule has 22 heavy (non-hydrogen) atoms. The van der Waals surface area contributed by atoms with Crippen molar-refractivity contribution in [3.8, 4) is 0 Å². The number of imidazole rings is 1. The first-order valence-corrected chi connectivity index (χ1v) is 7.33. The number of aromatic nitrogens is 2. The minimum absolute atomic E-state index is 0.664. The first-order chi connectivity index (χ1) is 10.8. The van der Waals surface area contributed by atoms with Gasteiger partial charge in [0.1, 0.15) is 11.9 Å². The van der Waals surface area contributed by atoms with Crippen LogP contribution in [0.2, 0.25) is 0 Å². The lowest BCUT2D eigenvalue weighted by molar-refractivity contribution is 0.208. The summed E-state index contributed by atoms with van der Waals surface area (Å²) >= 11 is 0. The molecule has 0 fully saturated rings. The molecular formula is C19H16N2O. The maximum atomic E-state index is 10.9. The Kier molecular flexibility index (Phi) is 2.94. The van der Waals surface area contributed by atoms with Gasteiger partial charge in [0.25, 0.3) is 0 Å². The predicted octanol–water partition coefficient (Wildman–Crippen LogP) is 3.81. The van der Waals surface area contributed by atoms with E-state index in [2.05, 4.69) is 17.1 Å². The molecule has 1 aromatic heterocycles. The van der Waals surface area contributed by atoms with E-state index in [1.807, 2.05) is 66.2 Å². The van der Waals surface area contributed by atoms with Crippen molar-refractivity contribution in [3.05, 3.63) is 78.1 Å². The van der Waals surface area contributed by atoms with E-state index in [0.717, 1.165) is 27.4 Å². The van der Waals surface area contributed by atoms with Crippen molar-refractivity contribution in [1.82, 2.24) is 9.55 Å². The van der Waals surface area contributed by atoms with Crippen molar-refractivity contribution >= 4 is 21.8 Å². The van der Waals surface area contributed by atoms with E-state index in [9.17, 15) is 5.11 Å². The number of aryl methyl sites for hydroxylation is 1. The summed E-state index contributed by atoms with van der Waals surface area (Å²) in [6.07, 6.45) is -0.747.